The zero-order valence-electron chi connectivity index (χ0n) is 7.26. The summed E-state index contributed by atoms with van der Waals surface area (Å²) in [5.41, 5.74) is -0.923. The molecular formula is C7H12N2O2S. The van der Waals surface area contributed by atoms with Gasteiger partial charge in [-0.15, -0.1) is 0 Å². The largest absolute Gasteiger partial charge is 0.322 e. The van der Waals surface area contributed by atoms with Gasteiger partial charge in [0.1, 0.15) is 5.54 Å². The predicted octanol–water partition coefficient (Wildman–Crippen LogP) is 0.293. The number of hydrogen-bond acceptors (Lipinski definition) is 3. The number of nitrogens with one attached hydrogen (secondary N) is 2. The van der Waals surface area contributed by atoms with E-state index in [9.17, 15) is 9.59 Å². The lowest BCUT2D eigenvalue weighted by molar-refractivity contribution is -0.124. The van der Waals surface area contributed by atoms with Gasteiger partial charge < -0.3 is 5.32 Å². The van der Waals surface area contributed by atoms with Crippen LogP contribution in [0.1, 0.15) is 20.8 Å². The van der Waals surface area contributed by atoms with Crippen molar-refractivity contribution in [3.8, 4) is 0 Å². The molecule has 0 aliphatic carbocycles. The highest BCUT2D eigenvalue weighted by atomic mass is 32.1. The first-order chi connectivity index (χ1) is 5.27. The first kappa shape index (κ1) is 9.38. The molecule has 68 valence electrons. The van der Waals surface area contributed by atoms with Crippen LogP contribution in [0.3, 0.4) is 0 Å². The summed E-state index contributed by atoms with van der Waals surface area (Å²) < 4.78 is -0.580. The summed E-state index contributed by atoms with van der Waals surface area (Å²) in [4.78, 5) is 22.1. The van der Waals surface area contributed by atoms with Gasteiger partial charge in [0, 0.05) is 4.75 Å². The summed E-state index contributed by atoms with van der Waals surface area (Å²) in [5, 5.41) is 4.72. The lowest BCUT2D eigenvalue weighted by Gasteiger charge is -2.34. The van der Waals surface area contributed by atoms with Crippen LogP contribution in [-0.2, 0) is 4.79 Å². The number of hydrogen-bond donors (Lipinski definition) is 3. The molecule has 1 fully saturated rings. The van der Waals surface area contributed by atoms with E-state index in [2.05, 4.69) is 23.3 Å². The average molecular weight is 188 g/mol. The van der Waals surface area contributed by atoms with E-state index in [1.165, 1.54) is 0 Å². The Morgan fingerprint density at radius 3 is 2.08 bits per heavy atom. The van der Waals surface area contributed by atoms with E-state index in [0.717, 1.165) is 0 Å². The normalized spacial score (nSPS) is 30.0. The summed E-state index contributed by atoms with van der Waals surface area (Å²) in [6.45, 7) is 5.21. The fourth-order valence-corrected chi connectivity index (χ4v) is 1.13. The lowest BCUT2D eigenvalue weighted by Crippen LogP contribution is -2.56. The molecule has 2 N–H and O–H groups in total. The minimum Gasteiger partial charge on any atom is -0.322 e. The smallest absolute Gasteiger partial charge is 0.322 e. The molecule has 0 aromatic heterocycles. The highest BCUT2D eigenvalue weighted by molar-refractivity contribution is 7.81. The molecule has 0 aromatic rings. The van der Waals surface area contributed by atoms with Crippen molar-refractivity contribution in [2.75, 3.05) is 0 Å². The quantitative estimate of drug-likeness (QED) is 0.409. The molecule has 1 atom stereocenters. The van der Waals surface area contributed by atoms with E-state index in [1.54, 1.807) is 20.8 Å². The SMILES string of the molecule is CC(C)(S)C1(C)NC(=O)NC1=O. The van der Waals surface area contributed by atoms with Gasteiger partial charge in [-0.2, -0.15) is 12.6 Å². The van der Waals surface area contributed by atoms with Crippen LogP contribution in [0.2, 0.25) is 0 Å². The van der Waals surface area contributed by atoms with Crippen LogP contribution in [0, 0.1) is 0 Å². The first-order valence-electron chi connectivity index (χ1n) is 3.63. The van der Waals surface area contributed by atoms with Crippen molar-refractivity contribution < 1.29 is 9.59 Å². The molecule has 12 heavy (non-hydrogen) atoms. The van der Waals surface area contributed by atoms with Gasteiger partial charge in [-0.25, -0.2) is 4.79 Å². The second kappa shape index (κ2) is 2.39. The lowest BCUT2D eigenvalue weighted by atomic mass is 9.88. The minimum atomic E-state index is -0.923. The van der Waals surface area contributed by atoms with E-state index in [0.29, 0.717) is 0 Å². The van der Waals surface area contributed by atoms with Gasteiger partial charge in [-0.1, -0.05) is 0 Å². The van der Waals surface area contributed by atoms with E-state index in [1.807, 2.05) is 0 Å². The van der Waals surface area contributed by atoms with Crippen molar-refractivity contribution in [3.63, 3.8) is 0 Å². The van der Waals surface area contributed by atoms with E-state index in [4.69, 9.17) is 0 Å². The number of rotatable bonds is 1. The van der Waals surface area contributed by atoms with Gasteiger partial charge in [0.2, 0.25) is 0 Å². The number of imide groups is 1. The zero-order valence-corrected chi connectivity index (χ0v) is 8.16. The summed E-state index contributed by atoms with van der Waals surface area (Å²) in [5.74, 6) is -0.326. The van der Waals surface area contributed by atoms with Gasteiger partial charge in [-0.3, -0.25) is 10.1 Å². The first-order valence-corrected chi connectivity index (χ1v) is 4.08. The van der Waals surface area contributed by atoms with Crippen LogP contribution in [0.15, 0.2) is 0 Å². The molecule has 0 saturated carbocycles. The number of amides is 3. The van der Waals surface area contributed by atoms with Crippen molar-refractivity contribution in [2.45, 2.75) is 31.1 Å². The van der Waals surface area contributed by atoms with E-state index < -0.39 is 16.3 Å². The third kappa shape index (κ3) is 1.18. The number of carbonyl (C=O) groups is 2. The van der Waals surface area contributed by atoms with Crippen molar-refractivity contribution in [2.24, 2.45) is 0 Å². The van der Waals surface area contributed by atoms with Crippen molar-refractivity contribution in [3.05, 3.63) is 0 Å². The molecule has 1 rings (SSSR count). The highest BCUT2D eigenvalue weighted by Gasteiger charge is 2.51. The van der Waals surface area contributed by atoms with Crippen molar-refractivity contribution in [1.29, 1.82) is 0 Å². The topological polar surface area (TPSA) is 58.2 Å². The molecule has 1 heterocycles. The monoisotopic (exact) mass is 188 g/mol. The molecule has 4 nitrogen and oxygen atoms in total. The maximum atomic E-state index is 11.3. The Morgan fingerprint density at radius 1 is 1.42 bits per heavy atom. The molecule has 1 aliphatic heterocycles. The Hall–Kier alpha value is -0.710. The fraction of sp³-hybridized carbons (Fsp3) is 0.714. The third-order valence-corrected chi connectivity index (χ3v) is 2.72. The van der Waals surface area contributed by atoms with Gasteiger partial charge in [0.15, 0.2) is 0 Å². The Kier molecular flexibility index (Phi) is 1.87. The average Bonchev–Trinajstić information content (AvgIpc) is 2.06. The Balaban J connectivity index is 3.00. The number of thiol groups is 1. The maximum Gasteiger partial charge on any atom is 0.322 e. The third-order valence-electron chi connectivity index (χ3n) is 2.27. The number of urea groups is 1. The van der Waals surface area contributed by atoms with Crippen LogP contribution < -0.4 is 10.6 Å². The van der Waals surface area contributed by atoms with Crippen LogP contribution in [0.25, 0.3) is 0 Å². The van der Waals surface area contributed by atoms with Gasteiger partial charge in [-0.05, 0) is 20.8 Å². The zero-order chi connectivity index (χ0) is 9.57. The molecule has 1 aliphatic rings. The summed E-state index contributed by atoms with van der Waals surface area (Å²) in [6, 6.07) is -0.454. The van der Waals surface area contributed by atoms with Crippen LogP contribution in [0.4, 0.5) is 4.79 Å². The second-order valence-corrected chi connectivity index (χ2v) is 4.71. The van der Waals surface area contributed by atoms with Crippen molar-refractivity contribution >= 4 is 24.6 Å². The Bertz CT molecular complexity index is 246. The van der Waals surface area contributed by atoms with Gasteiger partial charge >= 0.3 is 6.03 Å². The van der Waals surface area contributed by atoms with Crippen LogP contribution >= 0.6 is 12.6 Å². The van der Waals surface area contributed by atoms with Gasteiger partial charge in [0.05, 0.1) is 0 Å². The maximum absolute atomic E-state index is 11.3. The second-order valence-electron chi connectivity index (χ2n) is 3.59. The fourth-order valence-electron chi connectivity index (χ4n) is 0.974. The van der Waals surface area contributed by atoms with Crippen molar-refractivity contribution in [1.82, 2.24) is 10.6 Å². The van der Waals surface area contributed by atoms with E-state index in [-0.39, 0.29) is 5.91 Å². The van der Waals surface area contributed by atoms with Crippen LogP contribution in [-0.4, -0.2) is 22.2 Å². The molecular weight excluding hydrogens is 176 g/mol. The molecule has 1 unspecified atom stereocenters. The number of carbonyl (C=O) groups excluding carboxylic acids is 2. The predicted molar refractivity (Wildman–Crippen MR) is 48.1 cm³/mol. The molecule has 0 spiro atoms. The Morgan fingerprint density at radius 2 is 1.92 bits per heavy atom. The molecule has 5 heteroatoms. The standard InChI is InChI=1S/C7H12N2O2S/c1-6(2,12)7(3)4(10)8-5(11)9-7/h12H,1-3H3,(H2,8,9,10,11). The molecule has 0 radical (unpaired) electrons. The summed E-state index contributed by atoms with van der Waals surface area (Å²) in [6.07, 6.45) is 0. The Labute approximate surface area is 76.5 Å². The van der Waals surface area contributed by atoms with E-state index >= 15 is 0 Å². The summed E-state index contributed by atoms with van der Waals surface area (Å²) in [7, 11) is 0. The van der Waals surface area contributed by atoms with Gasteiger partial charge in [0.25, 0.3) is 5.91 Å². The molecule has 3 amide bonds. The van der Waals surface area contributed by atoms with Crippen LogP contribution in [0.5, 0.6) is 0 Å². The minimum absolute atomic E-state index is 0.326. The summed E-state index contributed by atoms with van der Waals surface area (Å²) >= 11 is 4.26. The molecule has 0 aromatic carbocycles. The highest BCUT2D eigenvalue weighted by Crippen LogP contribution is 2.30. The molecule has 1 saturated heterocycles. The molecule has 0 bridgehead atoms.